The van der Waals surface area contributed by atoms with E-state index in [2.05, 4.69) is 15.3 Å². The van der Waals surface area contributed by atoms with E-state index in [0.717, 1.165) is 22.8 Å². The van der Waals surface area contributed by atoms with Crippen molar-refractivity contribution in [2.45, 2.75) is 0 Å². The topological polar surface area (TPSA) is 51.5 Å². The first-order valence-electron chi connectivity index (χ1n) is 5.54. The summed E-state index contributed by atoms with van der Waals surface area (Å²) < 4.78 is 7.10. The summed E-state index contributed by atoms with van der Waals surface area (Å²) >= 11 is 0. The Kier molecular flexibility index (Phi) is 2.57. The van der Waals surface area contributed by atoms with Crippen LogP contribution < -0.4 is 10.1 Å². The van der Waals surface area contributed by atoms with Crippen LogP contribution in [0, 0.1) is 0 Å². The molecule has 2 aromatic heterocycles. The summed E-state index contributed by atoms with van der Waals surface area (Å²) in [6.45, 7) is 0. The molecule has 3 aromatic rings. The normalized spacial score (nSPS) is 10.5. The van der Waals surface area contributed by atoms with Crippen molar-refractivity contribution in [3.05, 3.63) is 49.2 Å². The minimum Gasteiger partial charge on any atom is -0.497 e. The lowest BCUT2D eigenvalue weighted by Gasteiger charge is -2.08. The second-order valence-electron chi connectivity index (χ2n) is 3.82. The predicted octanol–water partition coefficient (Wildman–Crippen LogP) is 2.48. The van der Waals surface area contributed by atoms with Crippen LogP contribution in [0.4, 0.5) is 11.5 Å². The highest BCUT2D eigenvalue weighted by Crippen LogP contribution is 2.22. The van der Waals surface area contributed by atoms with Crippen LogP contribution in [-0.4, -0.2) is 21.5 Å². The van der Waals surface area contributed by atoms with E-state index in [0.29, 0.717) is 0 Å². The first-order valence-corrected chi connectivity index (χ1v) is 5.54. The molecule has 0 aliphatic carbocycles. The molecule has 0 aliphatic heterocycles. The van der Waals surface area contributed by atoms with E-state index in [4.69, 9.17) is 4.74 Å². The van der Waals surface area contributed by atoms with Gasteiger partial charge in [-0.2, -0.15) is 0 Å². The fourth-order valence-corrected chi connectivity index (χ4v) is 1.79. The Balaban J connectivity index is 1.98. The van der Waals surface area contributed by atoms with Crippen molar-refractivity contribution >= 4 is 17.0 Å². The van der Waals surface area contributed by atoms with Crippen LogP contribution in [0.2, 0.25) is 0 Å². The second kappa shape index (κ2) is 4.37. The number of nitrogens with one attached hydrogen (secondary N) is 1. The predicted molar refractivity (Wildman–Crippen MR) is 69.3 cm³/mol. The number of anilines is 2. The van der Waals surface area contributed by atoms with E-state index in [1.807, 2.05) is 34.9 Å². The van der Waals surface area contributed by atoms with Gasteiger partial charge in [-0.3, -0.25) is 0 Å². The van der Waals surface area contributed by atoms with Gasteiger partial charge in [-0.05, 0) is 12.1 Å². The minimum absolute atomic E-state index is 0.767. The first kappa shape index (κ1) is 10.6. The Labute approximate surface area is 104 Å². The summed E-state index contributed by atoms with van der Waals surface area (Å²) in [7, 11) is 1.65. The summed E-state index contributed by atoms with van der Waals surface area (Å²) in [6.07, 6.45) is 7.11. The lowest BCUT2D eigenvalue weighted by molar-refractivity contribution is 0.415. The molecule has 0 saturated carbocycles. The summed E-state index contributed by atoms with van der Waals surface area (Å²) in [5.74, 6) is 1.57. The molecule has 1 N–H and O–H groups in total. The zero-order valence-electron chi connectivity index (χ0n) is 9.87. The van der Waals surface area contributed by atoms with Gasteiger partial charge in [0, 0.05) is 24.1 Å². The van der Waals surface area contributed by atoms with Gasteiger partial charge in [-0.25, -0.2) is 9.97 Å². The zero-order chi connectivity index (χ0) is 12.4. The van der Waals surface area contributed by atoms with E-state index >= 15 is 0 Å². The molecular formula is C13H12N4O. The van der Waals surface area contributed by atoms with Crippen LogP contribution >= 0.6 is 0 Å². The van der Waals surface area contributed by atoms with Gasteiger partial charge in [0.25, 0.3) is 0 Å². The maximum absolute atomic E-state index is 5.19. The monoisotopic (exact) mass is 240 g/mol. The Bertz CT molecular complexity index is 677. The molecule has 3 rings (SSSR count). The lowest BCUT2D eigenvalue weighted by Crippen LogP contribution is -1.96. The van der Waals surface area contributed by atoms with E-state index < -0.39 is 0 Å². The second-order valence-corrected chi connectivity index (χ2v) is 3.82. The largest absolute Gasteiger partial charge is 0.497 e. The highest BCUT2D eigenvalue weighted by Gasteiger charge is 2.03. The average molecular weight is 240 g/mol. The molecule has 0 fully saturated rings. The molecular weight excluding hydrogens is 228 g/mol. The van der Waals surface area contributed by atoms with E-state index in [1.54, 1.807) is 25.8 Å². The van der Waals surface area contributed by atoms with Crippen LogP contribution in [0.5, 0.6) is 5.75 Å². The van der Waals surface area contributed by atoms with Crippen molar-refractivity contribution in [2.24, 2.45) is 0 Å². The van der Waals surface area contributed by atoms with Crippen LogP contribution in [0.1, 0.15) is 0 Å². The fourth-order valence-electron chi connectivity index (χ4n) is 1.79. The third-order valence-corrected chi connectivity index (χ3v) is 2.67. The highest BCUT2D eigenvalue weighted by molar-refractivity contribution is 5.72. The molecule has 5 heteroatoms. The summed E-state index contributed by atoms with van der Waals surface area (Å²) in [4.78, 5) is 8.41. The molecule has 0 atom stereocenters. The highest BCUT2D eigenvalue weighted by atomic mass is 16.5. The third-order valence-electron chi connectivity index (χ3n) is 2.67. The van der Waals surface area contributed by atoms with Crippen LogP contribution in [0.25, 0.3) is 5.52 Å². The number of ether oxygens (including phenoxy) is 1. The molecule has 1 aromatic carbocycles. The summed E-state index contributed by atoms with van der Waals surface area (Å²) in [6, 6.07) is 7.71. The number of hydrogen-bond acceptors (Lipinski definition) is 4. The molecule has 0 spiro atoms. The quantitative estimate of drug-likeness (QED) is 0.764. The maximum Gasteiger partial charge on any atom is 0.156 e. The van der Waals surface area contributed by atoms with Crippen LogP contribution in [0.3, 0.4) is 0 Å². The Morgan fingerprint density at radius 1 is 1.33 bits per heavy atom. The van der Waals surface area contributed by atoms with Crippen molar-refractivity contribution in [3.8, 4) is 5.75 Å². The molecule has 0 bridgehead atoms. The van der Waals surface area contributed by atoms with Gasteiger partial charge in [0.2, 0.25) is 0 Å². The molecule has 0 amide bonds. The third kappa shape index (κ3) is 1.86. The number of fused-ring (bicyclic) bond motifs is 1. The van der Waals surface area contributed by atoms with Gasteiger partial charge in [0.1, 0.15) is 11.3 Å². The van der Waals surface area contributed by atoms with Gasteiger partial charge in [0.05, 0.1) is 19.6 Å². The molecule has 18 heavy (non-hydrogen) atoms. The smallest absolute Gasteiger partial charge is 0.156 e. The molecule has 90 valence electrons. The van der Waals surface area contributed by atoms with Crippen molar-refractivity contribution in [3.63, 3.8) is 0 Å². The van der Waals surface area contributed by atoms with Gasteiger partial charge in [-0.1, -0.05) is 6.07 Å². The maximum atomic E-state index is 5.19. The van der Waals surface area contributed by atoms with Crippen molar-refractivity contribution < 1.29 is 4.74 Å². The van der Waals surface area contributed by atoms with Gasteiger partial charge < -0.3 is 14.5 Å². The number of hydrogen-bond donors (Lipinski definition) is 1. The lowest BCUT2D eigenvalue weighted by atomic mass is 10.3. The van der Waals surface area contributed by atoms with Crippen molar-refractivity contribution in [1.29, 1.82) is 0 Å². The van der Waals surface area contributed by atoms with Crippen molar-refractivity contribution in [1.82, 2.24) is 14.4 Å². The summed E-state index contributed by atoms with van der Waals surface area (Å²) in [5.41, 5.74) is 1.86. The minimum atomic E-state index is 0.767. The van der Waals surface area contributed by atoms with E-state index in [9.17, 15) is 0 Å². The summed E-state index contributed by atoms with van der Waals surface area (Å²) in [5, 5.41) is 3.26. The average Bonchev–Trinajstić information content (AvgIpc) is 2.88. The number of aromatic nitrogens is 3. The molecule has 0 saturated heterocycles. The standard InChI is InChI=1S/C13H12N4O/c1-18-11-4-2-3-10(7-11)16-13-12-8-14-9-17(12)6-5-15-13/h2-9H,1H3,(H,15,16). The number of nitrogens with zero attached hydrogens (tertiary/aromatic N) is 3. The first-order chi connectivity index (χ1) is 8.86. The Morgan fingerprint density at radius 3 is 3.17 bits per heavy atom. The Hall–Kier alpha value is -2.56. The molecule has 0 unspecified atom stereocenters. The number of methoxy groups -OCH3 is 1. The van der Waals surface area contributed by atoms with Gasteiger partial charge in [0.15, 0.2) is 5.82 Å². The van der Waals surface area contributed by atoms with E-state index in [-0.39, 0.29) is 0 Å². The molecule has 2 heterocycles. The molecule has 0 aliphatic rings. The molecule has 5 nitrogen and oxygen atoms in total. The van der Waals surface area contributed by atoms with Gasteiger partial charge >= 0.3 is 0 Å². The van der Waals surface area contributed by atoms with Crippen molar-refractivity contribution in [2.75, 3.05) is 12.4 Å². The molecule has 0 radical (unpaired) electrons. The number of rotatable bonds is 3. The number of benzene rings is 1. The fraction of sp³-hybridized carbons (Fsp3) is 0.0769. The van der Waals surface area contributed by atoms with E-state index in [1.165, 1.54) is 0 Å². The SMILES string of the molecule is COc1cccc(Nc2nccn3cncc23)c1. The number of imidazole rings is 1. The van der Waals surface area contributed by atoms with Gasteiger partial charge in [-0.15, -0.1) is 0 Å². The van der Waals surface area contributed by atoms with Crippen LogP contribution in [0.15, 0.2) is 49.2 Å². The Morgan fingerprint density at radius 2 is 2.28 bits per heavy atom. The van der Waals surface area contributed by atoms with Crippen LogP contribution in [-0.2, 0) is 0 Å². The zero-order valence-corrected chi connectivity index (χ0v) is 9.87.